The molecule has 4 heteroatoms. The molecular weight excluding hydrogens is 232 g/mol. The minimum atomic E-state index is -0.666. The molecule has 18 heavy (non-hydrogen) atoms. The summed E-state index contributed by atoms with van der Waals surface area (Å²) in [5.41, 5.74) is 1.13. The van der Waals surface area contributed by atoms with E-state index >= 15 is 0 Å². The lowest BCUT2D eigenvalue weighted by Gasteiger charge is -2.17. The number of hydrogen-bond donors (Lipinski definition) is 1. The van der Waals surface area contributed by atoms with Gasteiger partial charge >= 0.3 is 0 Å². The van der Waals surface area contributed by atoms with E-state index in [1.165, 1.54) is 0 Å². The zero-order chi connectivity index (χ0) is 12.4. The van der Waals surface area contributed by atoms with Crippen molar-refractivity contribution in [3.8, 4) is 0 Å². The van der Waals surface area contributed by atoms with E-state index < -0.39 is 12.4 Å². The summed E-state index contributed by atoms with van der Waals surface area (Å²) in [6, 6.07) is 9.99. The molecule has 0 spiro atoms. The molecule has 2 heterocycles. The third-order valence-electron chi connectivity index (χ3n) is 3.14. The summed E-state index contributed by atoms with van der Waals surface area (Å²) < 4.78 is 16.7. The number of fused-ring (bicyclic) bond motifs is 2. The summed E-state index contributed by atoms with van der Waals surface area (Å²) in [4.78, 5) is 0. The van der Waals surface area contributed by atoms with E-state index in [0.29, 0.717) is 13.2 Å². The Morgan fingerprint density at radius 2 is 1.94 bits per heavy atom. The predicted molar refractivity (Wildman–Crippen MR) is 64.8 cm³/mol. The van der Waals surface area contributed by atoms with Crippen molar-refractivity contribution in [2.45, 2.75) is 31.2 Å². The van der Waals surface area contributed by atoms with Gasteiger partial charge in [-0.2, -0.15) is 0 Å². The zero-order valence-corrected chi connectivity index (χ0v) is 9.94. The molecule has 2 aliphatic heterocycles. The number of benzene rings is 1. The van der Waals surface area contributed by atoms with Crippen LogP contribution >= 0.6 is 0 Å². The van der Waals surface area contributed by atoms with Crippen molar-refractivity contribution < 1.29 is 19.3 Å². The molecule has 1 aromatic carbocycles. The largest absolute Gasteiger partial charge is 0.384 e. The highest BCUT2D eigenvalue weighted by Crippen LogP contribution is 2.27. The molecule has 1 aromatic rings. The average molecular weight is 248 g/mol. The van der Waals surface area contributed by atoms with Crippen molar-refractivity contribution in [2.75, 3.05) is 6.61 Å². The summed E-state index contributed by atoms with van der Waals surface area (Å²) in [5, 5.41) is 9.54. The van der Waals surface area contributed by atoms with E-state index in [1.54, 1.807) is 6.08 Å². The molecule has 1 N–H and O–H groups in total. The highest BCUT2D eigenvalue weighted by molar-refractivity contribution is 5.13. The van der Waals surface area contributed by atoms with Gasteiger partial charge in [-0.05, 0) is 5.56 Å². The van der Waals surface area contributed by atoms with Crippen LogP contribution in [-0.2, 0) is 20.8 Å². The molecule has 2 bridgehead atoms. The van der Waals surface area contributed by atoms with E-state index in [9.17, 15) is 5.11 Å². The van der Waals surface area contributed by atoms with Gasteiger partial charge in [0.05, 0.1) is 13.2 Å². The Morgan fingerprint density at radius 1 is 1.11 bits per heavy atom. The van der Waals surface area contributed by atoms with Gasteiger partial charge in [0.2, 0.25) is 0 Å². The Hall–Kier alpha value is -1.20. The van der Waals surface area contributed by atoms with Crippen LogP contribution in [0.5, 0.6) is 0 Å². The maximum Gasteiger partial charge on any atom is 0.188 e. The maximum atomic E-state index is 9.54. The molecule has 0 aliphatic carbocycles. The van der Waals surface area contributed by atoms with Gasteiger partial charge in [0, 0.05) is 0 Å². The molecule has 1 fully saturated rings. The minimum Gasteiger partial charge on any atom is -0.384 e. The van der Waals surface area contributed by atoms with Gasteiger partial charge in [0.25, 0.3) is 0 Å². The highest BCUT2D eigenvalue weighted by atomic mass is 16.7. The smallest absolute Gasteiger partial charge is 0.188 e. The molecule has 0 unspecified atom stereocenters. The summed E-state index contributed by atoms with van der Waals surface area (Å²) in [5.74, 6) is 0. The van der Waals surface area contributed by atoms with Crippen LogP contribution in [0.25, 0.3) is 0 Å². The van der Waals surface area contributed by atoms with Crippen LogP contribution in [0.2, 0.25) is 0 Å². The van der Waals surface area contributed by atoms with Crippen molar-refractivity contribution in [3.63, 3.8) is 0 Å². The van der Waals surface area contributed by atoms with Crippen LogP contribution in [0, 0.1) is 0 Å². The Balaban J connectivity index is 1.49. The van der Waals surface area contributed by atoms with Gasteiger partial charge in [-0.25, -0.2) is 0 Å². The SMILES string of the molecule is O[C@H]1C=C[C@H]2O[C@@H]1O[C@@H]2COCc1ccccc1. The lowest BCUT2D eigenvalue weighted by molar-refractivity contribution is -0.128. The minimum absolute atomic E-state index is 0.103. The fourth-order valence-electron chi connectivity index (χ4n) is 2.17. The molecule has 1 saturated heterocycles. The first-order chi connectivity index (χ1) is 8.83. The van der Waals surface area contributed by atoms with Crippen LogP contribution in [0.3, 0.4) is 0 Å². The van der Waals surface area contributed by atoms with E-state index in [0.717, 1.165) is 5.56 Å². The second-order valence-corrected chi connectivity index (χ2v) is 4.52. The second kappa shape index (κ2) is 5.20. The first kappa shape index (κ1) is 11.9. The fraction of sp³-hybridized carbons (Fsp3) is 0.429. The number of aliphatic hydroxyl groups is 1. The molecule has 0 amide bonds. The fourth-order valence-corrected chi connectivity index (χ4v) is 2.17. The molecule has 0 saturated carbocycles. The van der Waals surface area contributed by atoms with E-state index in [2.05, 4.69) is 0 Å². The first-order valence-corrected chi connectivity index (χ1v) is 6.12. The average Bonchev–Trinajstić information content (AvgIpc) is 2.74. The van der Waals surface area contributed by atoms with Crippen LogP contribution in [0.4, 0.5) is 0 Å². The molecular formula is C14H16O4. The molecule has 4 nitrogen and oxygen atoms in total. The van der Waals surface area contributed by atoms with Gasteiger partial charge in [-0.15, -0.1) is 0 Å². The van der Waals surface area contributed by atoms with E-state index in [4.69, 9.17) is 14.2 Å². The van der Waals surface area contributed by atoms with Crippen LogP contribution < -0.4 is 0 Å². The van der Waals surface area contributed by atoms with Gasteiger partial charge < -0.3 is 19.3 Å². The zero-order valence-electron chi connectivity index (χ0n) is 9.94. The van der Waals surface area contributed by atoms with Crippen molar-refractivity contribution in [2.24, 2.45) is 0 Å². The maximum absolute atomic E-state index is 9.54. The molecule has 4 atom stereocenters. The Morgan fingerprint density at radius 3 is 2.72 bits per heavy atom. The molecule has 96 valence electrons. The topological polar surface area (TPSA) is 47.9 Å². The number of rotatable bonds is 4. The summed E-state index contributed by atoms with van der Waals surface area (Å²) in [6.07, 6.45) is 2.12. The Labute approximate surface area is 106 Å². The van der Waals surface area contributed by atoms with Crippen molar-refractivity contribution in [3.05, 3.63) is 48.0 Å². The molecule has 0 radical (unpaired) electrons. The Bertz CT molecular complexity index is 417. The van der Waals surface area contributed by atoms with Gasteiger partial charge in [-0.1, -0.05) is 42.5 Å². The van der Waals surface area contributed by atoms with Gasteiger partial charge in [0.1, 0.15) is 18.3 Å². The number of hydrogen-bond acceptors (Lipinski definition) is 4. The summed E-state index contributed by atoms with van der Waals surface area (Å²) in [7, 11) is 0. The van der Waals surface area contributed by atoms with Crippen molar-refractivity contribution in [1.82, 2.24) is 0 Å². The van der Waals surface area contributed by atoms with Gasteiger partial charge in [0.15, 0.2) is 6.29 Å². The van der Waals surface area contributed by atoms with E-state index in [1.807, 2.05) is 36.4 Å². The first-order valence-electron chi connectivity index (χ1n) is 6.12. The van der Waals surface area contributed by atoms with E-state index in [-0.39, 0.29) is 12.2 Å². The lowest BCUT2D eigenvalue weighted by Crippen LogP contribution is -2.28. The monoisotopic (exact) mass is 248 g/mol. The quantitative estimate of drug-likeness (QED) is 0.815. The molecule has 3 rings (SSSR count). The van der Waals surface area contributed by atoms with Crippen LogP contribution in [0.1, 0.15) is 5.56 Å². The molecule has 0 aromatic heterocycles. The molecule has 2 aliphatic rings. The van der Waals surface area contributed by atoms with Crippen molar-refractivity contribution in [1.29, 1.82) is 0 Å². The van der Waals surface area contributed by atoms with Crippen LogP contribution in [-0.4, -0.2) is 36.3 Å². The standard InChI is InChI=1S/C14H16O4/c15-11-6-7-12-13(18-14(11)17-12)9-16-8-10-4-2-1-3-5-10/h1-7,11-15H,8-9H2/t11-,12+,13+,14+/m0/s1. The van der Waals surface area contributed by atoms with Crippen LogP contribution in [0.15, 0.2) is 42.5 Å². The third kappa shape index (κ3) is 2.47. The number of aliphatic hydroxyl groups excluding tert-OH is 1. The lowest BCUT2D eigenvalue weighted by atomic mass is 10.1. The van der Waals surface area contributed by atoms with Crippen molar-refractivity contribution >= 4 is 0 Å². The third-order valence-corrected chi connectivity index (χ3v) is 3.14. The second-order valence-electron chi connectivity index (χ2n) is 4.52. The predicted octanol–water partition coefficient (Wildman–Crippen LogP) is 1.24. The normalized spacial score (nSPS) is 33.8. The Kier molecular flexibility index (Phi) is 3.43. The van der Waals surface area contributed by atoms with Gasteiger partial charge in [-0.3, -0.25) is 0 Å². The summed E-state index contributed by atoms with van der Waals surface area (Å²) >= 11 is 0. The highest BCUT2D eigenvalue weighted by Gasteiger charge is 2.40. The summed E-state index contributed by atoms with van der Waals surface area (Å²) in [6.45, 7) is 1.03. The number of ether oxygens (including phenoxy) is 3.